The number of ether oxygens (including phenoxy) is 1. The molecular formula is C14H11N2O2. The molecule has 0 fully saturated rings. The molecule has 18 heavy (non-hydrogen) atoms. The molecule has 2 rings (SSSR count). The third kappa shape index (κ3) is 3.25. The lowest BCUT2D eigenvalue weighted by Crippen LogP contribution is -1.98. The Hall–Kier alpha value is -2.49. The van der Waals surface area contributed by atoms with Crippen molar-refractivity contribution in [1.29, 1.82) is 0 Å². The molecule has 0 aliphatic rings. The van der Waals surface area contributed by atoms with Crippen molar-refractivity contribution in [2.75, 3.05) is 0 Å². The lowest BCUT2D eigenvalue weighted by atomic mass is 10.2. The largest absolute Gasteiger partial charge is 0.425 e. The van der Waals surface area contributed by atoms with E-state index in [1.54, 1.807) is 0 Å². The van der Waals surface area contributed by atoms with Crippen LogP contribution in [0.5, 0.6) is 0 Å². The Labute approximate surface area is 105 Å². The fourth-order valence-electron chi connectivity index (χ4n) is 1.44. The molecule has 0 amide bonds. The van der Waals surface area contributed by atoms with E-state index in [2.05, 4.69) is 10.2 Å². The molecule has 0 aromatic heterocycles. The molecule has 0 aliphatic heterocycles. The first-order valence-corrected chi connectivity index (χ1v) is 5.44. The van der Waals surface area contributed by atoms with Gasteiger partial charge in [-0.3, -0.25) is 0 Å². The van der Waals surface area contributed by atoms with Gasteiger partial charge in [-0.15, -0.1) is 5.11 Å². The third-order valence-electron chi connectivity index (χ3n) is 2.28. The predicted molar refractivity (Wildman–Crippen MR) is 66.9 cm³/mol. The van der Waals surface area contributed by atoms with E-state index in [-0.39, 0.29) is 0 Å². The highest BCUT2D eigenvalue weighted by molar-refractivity contribution is 5.40. The van der Waals surface area contributed by atoms with Crippen molar-refractivity contribution in [1.82, 2.24) is 0 Å². The molecule has 0 bridgehead atoms. The Kier molecular flexibility index (Phi) is 4.19. The van der Waals surface area contributed by atoms with Crippen molar-refractivity contribution in [3.63, 3.8) is 0 Å². The van der Waals surface area contributed by atoms with Crippen LogP contribution < -0.4 is 0 Å². The molecule has 4 nitrogen and oxygen atoms in total. The standard InChI is InChI=1S/C14H11N2O2/c17-11-18-14(12-7-3-1-4-8-12)16-15-13-9-5-2-6-10-13/h1-10,14H. The zero-order chi connectivity index (χ0) is 12.6. The van der Waals surface area contributed by atoms with Gasteiger partial charge in [0.05, 0.1) is 5.69 Å². The van der Waals surface area contributed by atoms with E-state index in [1.165, 1.54) is 6.47 Å². The third-order valence-corrected chi connectivity index (χ3v) is 2.28. The molecule has 1 radical (unpaired) electrons. The highest BCUT2D eigenvalue weighted by Crippen LogP contribution is 2.21. The summed E-state index contributed by atoms with van der Waals surface area (Å²) in [6.07, 6.45) is -0.760. The van der Waals surface area contributed by atoms with Gasteiger partial charge in [-0.2, -0.15) is 5.11 Å². The summed E-state index contributed by atoms with van der Waals surface area (Å²) in [5, 5.41) is 8.02. The van der Waals surface area contributed by atoms with Crippen molar-refractivity contribution < 1.29 is 9.53 Å². The quantitative estimate of drug-likeness (QED) is 0.749. The molecule has 2 aromatic rings. The summed E-state index contributed by atoms with van der Waals surface area (Å²) >= 11 is 0. The van der Waals surface area contributed by atoms with Crippen molar-refractivity contribution in [3.8, 4) is 0 Å². The summed E-state index contributed by atoms with van der Waals surface area (Å²) in [5.74, 6) is 0. The van der Waals surface area contributed by atoms with Gasteiger partial charge in [0, 0.05) is 5.56 Å². The first-order chi connectivity index (χ1) is 8.90. The molecular weight excluding hydrogens is 228 g/mol. The van der Waals surface area contributed by atoms with Gasteiger partial charge in [0.15, 0.2) is 0 Å². The van der Waals surface area contributed by atoms with Crippen LogP contribution in [-0.2, 0) is 9.53 Å². The van der Waals surface area contributed by atoms with E-state index in [0.717, 1.165) is 5.56 Å². The molecule has 0 aliphatic carbocycles. The van der Waals surface area contributed by atoms with Crippen LogP contribution in [0.2, 0.25) is 0 Å². The smallest absolute Gasteiger partial charge is 0.419 e. The van der Waals surface area contributed by atoms with Crippen LogP contribution in [0.15, 0.2) is 70.9 Å². The SMILES string of the molecule is O=[C]OC(N=Nc1ccccc1)c1ccccc1. The molecule has 0 N–H and O–H groups in total. The molecule has 89 valence electrons. The first-order valence-electron chi connectivity index (χ1n) is 5.44. The Morgan fingerprint density at radius 2 is 1.56 bits per heavy atom. The number of hydrogen-bond acceptors (Lipinski definition) is 4. The van der Waals surface area contributed by atoms with Gasteiger partial charge in [-0.1, -0.05) is 48.5 Å². The van der Waals surface area contributed by atoms with E-state index >= 15 is 0 Å². The normalized spacial score (nSPS) is 12.2. The number of hydrogen-bond donors (Lipinski definition) is 0. The Morgan fingerprint density at radius 1 is 0.944 bits per heavy atom. The van der Waals surface area contributed by atoms with Crippen molar-refractivity contribution in [3.05, 3.63) is 66.2 Å². The number of rotatable bonds is 5. The molecule has 2 aromatic carbocycles. The zero-order valence-electron chi connectivity index (χ0n) is 9.56. The van der Waals surface area contributed by atoms with Crippen molar-refractivity contribution in [2.24, 2.45) is 10.2 Å². The minimum absolute atomic E-state index is 0.702. The molecule has 4 heteroatoms. The van der Waals surface area contributed by atoms with Gasteiger partial charge in [0.25, 0.3) is 0 Å². The van der Waals surface area contributed by atoms with E-state index < -0.39 is 6.23 Å². The summed E-state index contributed by atoms with van der Waals surface area (Å²) in [6, 6.07) is 18.4. The first kappa shape index (κ1) is 12.0. The van der Waals surface area contributed by atoms with Crippen LogP contribution in [0.4, 0.5) is 5.69 Å². The highest BCUT2D eigenvalue weighted by Gasteiger charge is 2.10. The van der Waals surface area contributed by atoms with Crippen LogP contribution in [0.3, 0.4) is 0 Å². The summed E-state index contributed by atoms with van der Waals surface area (Å²) < 4.78 is 4.78. The van der Waals surface area contributed by atoms with E-state index in [4.69, 9.17) is 4.74 Å². The lowest BCUT2D eigenvalue weighted by molar-refractivity contribution is 0.181. The molecule has 0 saturated carbocycles. The molecule has 1 unspecified atom stereocenters. The van der Waals surface area contributed by atoms with Crippen LogP contribution in [0, 0.1) is 0 Å². The maximum absolute atomic E-state index is 10.4. The molecule has 0 spiro atoms. The average molecular weight is 239 g/mol. The summed E-state index contributed by atoms with van der Waals surface area (Å²) in [7, 11) is 0. The van der Waals surface area contributed by atoms with Gasteiger partial charge in [-0.25, -0.2) is 4.79 Å². The fraction of sp³-hybridized carbons (Fsp3) is 0.0714. The maximum atomic E-state index is 10.4. The predicted octanol–water partition coefficient (Wildman–Crippen LogP) is 3.55. The number of azo groups is 1. The Balaban J connectivity index is 2.17. The minimum Gasteiger partial charge on any atom is -0.425 e. The van der Waals surface area contributed by atoms with Gasteiger partial charge in [0.2, 0.25) is 6.23 Å². The summed E-state index contributed by atoms with van der Waals surface area (Å²) in [4.78, 5) is 10.4. The summed E-state index contributed by atoms with van der Waals surface area (Å²) in [6.45, 7) is 1.40. The van der Waals surface area contributed by atoms with Gasteiger partial charge >= 0.3 is 6.47 Å². The fourth-order valence-corrected chi connectivity index (χ4v) is 1.44. The van der Waals surface area contributed by atoms with E-state index in [1.807, 2.05) is 60.7 Å². The second-order valence-corrected chi connectivity index (χ2v) is 3.52. The topological polar surface area (TPSA) is 51.0 Å². The molecule has 0 heterocycles. The van der Waals surface area contributed by atoms with Crippen LogP contribution in [-0.4, -0.2) is 6.47 Å². The van der Waals surface area contributed by atoms with Crippen LogP contribution in [0.25, 0.3) is 0 Å². The maximum Gasteiger partial charge on any atom is 0.419 e. The monoisotopic (exact) mass is 239 g/mol. The average Bonchev–Trinajstić information content (AvgIpc) is 2.45. The van der Waals surface area contributed by atoms with Crippen LogP contribution in [0.1, 0.15) is 11.8 Å². The van der Waals surface area contributed by atoms with Crippen molar-refractivity contribution >= 4 is 12.2 Å². The van der Waals surface area contributed by atoms with Gasteiger partial charge in [-0.05, 0) is 12.1 Å². The Morgan fingerprint density at radius 3 is 2.17 bits per heavy atom. The summed E-state index contributed by atoms with van der Waals surface area (Å²) in [5.41, 5.74) is 1.45. The zero-order valence-corrected chi connectivity index (χ0v) is 9.56. The van der Waals surface area contributed by atoms with E-state index in [0.29, 0.717) is 5.69 Å². The second-order valence-electron chi connectivity index (χ2n) is 3.52. The Bertz CT molecular complexity index is 512. The lowest BCUT2D eigenvalue weighted by Gasteiger charge is -2.08. The van der Waals surface area contributed by atoms with Crippen LogP contribution >= 0.6 is 0 Å². The minimum atomic E-state index is -0.760. The molecule has 1 atom stereocenters. The number of benzene rings is 2. The number of carbonyl (C=O) groups excluding carboxylic acids is 1. The number of nitrogens with zero attached hydrogens (tertiary/aromatic N) is 2. The van der Waals surface area contributed by atoms with E-state index in [9.17, 15) is 4.79 Å². The van der Waals surface area contributed by atoms with Gasteiger partial charge < -0.3 is 4.74 Å². The second kappa shape index (κ2) is 6.30. The van der Waals surface area contributed by atoms with Crippen molar-refractivity contribution in [2.45, 2.75) is 6.23 Å². The van der Waals surface area contributed by atoms with Gasteiger partial charge in [0.1, 0.15) is 0 Å². The highest BCUT2D eigenvalue weighted by atomic mass is 16.5. The molecule has 0 saturated heterocycles.